The summed E-state index contributed by atoms with van der Waals surface area (Å²) in [4.78, 5) is 15.5. The predicted octanol–water partition coefficient (Wildman–Crippen LogP) is 0.801. The first-order valence-electron chi connectivity index (χ1n) is 4.38. The van der Waals surface area contributed by atoms with Crippen molar-refractivity contribution in [2.24, 2.45) is 0 Å². The van der Waals surface area contributed by atoms with Crippen molar-refractivity contribution < 1.29 is 9.53 Å². The van der Waals surface area contributed by atoms with Gasteiger partial charge in [-0.3, -0.25) is 4.79 Å². The second-order valence-corrected chi connectivity index (χ2v) is 2.98. The van der Waals surface area contributed by atoms with Gasteiger partial charge in [0.1, 0.15) is 5.69 Å². The van der Waals surface area contributed by atoms with E-state index in [0.717, 1.165) is 5.56 Å². The summed E-state index contributed by atoms with van der Waals surface area (Å²) in [6.45, 7) is 2.18. The van der Waals surface area contributed by atoms with Crippen molar-refractivity contribution in [2.75, 3.05) is 20.7 Å². The van der Waals surface area contributed by atoms with E-state index >= 15 is 0 Å². The third-order valence-corrected chi connectivity index (χ3v) is 1.87. The van der Waals surface area contributed by atoms with Gasteiger partial charge in [0, 0.05) is 5.56 Å². The number of rotatable bonds is 4. The Hall–Kier alpha value is -1.42. The van der Waals surface area contributed by atoms with E-state index in [9.17, 15) is 4.79 Å². The van der Waals surface area contributed by atoms with Gasteiger partial charge in [0.15, 0.2) is 5.78 Å². The number of carbonyl (C=O) groups excluding carboxylic acids is 1. The summed E-state index contributed by atoms with van der Waals surface area (Å²) in [5.41, 5.74) is 1.36. The van der Waals surface area contributed by atoms with Crippen LogP contribution in [0.15, 0.2) is 12.1 Å². The summed E-state index contributed by atoms with van der Waals surface area (Å²) in [6.07, 6.45) is 0. The molecule has 0 bridgehead atoms. The molecule has 0 aliphatic heterocycles. The normalized spacial score (nSPS) is 9.93. The third kappa shape index (κ3) is 2.29. The van der Waals surface area contributed by atoms with Crippen LogP contribution in [0.2, 0.25) is 0 Å². The molecule has 0 amide bonds. The maximum Gasteiger partial charge on any atom is 0.216 e. The Morgan fingerprint density at radius 3 is 2.86 bits per heavy atom. The van der Waals surface area contributed by atoms with Crippen molar-refractivity contribution in [2.45, 2.75) is 6.92 Å². The molecular weight excluding hydrogens is 180 g/mol. The molecule has 14 heavy (non-hydrogen) atoms. The minimum atomic E-state index is -0.0363. The van der Waals surface area contributed by atoms with Crippen LogP contribution in [0.4, 0.5) is 0 Å². The molecular formula is C10H14N2O2. The zero-order valence-electron chi connectivity index (χ0n) is 8.63. The molecule has 4 heteroatoms. The maximum absolute atomic E-state index is 11.4. The van der Waals surface area contributed by atoms with Crippen LogP contribution < -0.4 is 10.1 Å². The molecule has 0 aliphatic rings. The summed E-state index contributed by atoms with van der Waals surface area (Å²) < 4.78 is 5.03. The van der Waals surface area contributed by atoms with Crippen molar-refractivity contribution in [3.8, 4) is 5.88 Å². The third-order valence-electron chi connectivity index (χ3n) is 1.87. The number of nitrogens with one attached hydrogen (secondary N) is 1. The Morgan fingerprint density at radius 1 is 1.57 bits per heavy atom. The first-order valence-corrected chi connectivity index (χ1v) is 4.38. The highest BCUT2D eigenvalue weighted by molar-refractivity contribution is 5.95. The Kier molecular flexibility index (Phi) is 3.59. The fraction of sp³-hybridized carbons (Fsp3) is 0.400. The van der Waals surface area contributed by atoms with E-state index < -0.39 is 0 Å². The molecule has 4 nitrogen and oxygen atoms in total. The van der Waals surface area contributed by atoms with E-state index in [1.54, 1.807) is 20.2 Å². The van der Waals surface area contributed by atoms with E-state index in [-0.39, 0.29) is 5.78 Å². The number of hydrogen-bond donors (Lipinski definition) is 1. The van der Waals surface area contributed by atoms with Gasteiger partial charge in [0.05, 0.1) is 13.7 Å². The van der Waals surface area contributed by atoms with Crippen LogP contribution in [0.25, 0.3) is 0 Å². The molecule has 0 atom stereocenters. The maximum atomic E-state index is 11.4. The number of Topliss-reactive ketones (excluding diaryl/α,β-unsaturated/α-hetero) is 1. The average Bonchev–Trinajstić information content (AvgIpc) is 2.19. The quantitative estimate of drug-likeness (QED) is 0.720. The summed E-state index contributed by atoms with van der Waals surface area (Å²) in [6, 6.07) is 3.53. The SMILES string of the molecule is CNCC(=O)c1ccc(C)c(OC)n1. The Bertz CT molecular complexity index is 337. The Morgan fingerprint density at radius 2 is 2.29 bits per heavy atom. The van der Waals surface area contributed by atoms with Gasteiger partial charge in [-0.05, 0) is 20.0 Å². The minimum absolute atomic E-state index is 0.0363. The van der Waals surface area contributed by atoms with E-state index in [2.05, 4.69) is 10.3 Å². The van der Waals surface area contributed by atoms with Gasteiger partial charge in [0.25, 0.3) is 0 Å². The number of hydrogen-bond acceptors (Lipinski definition) is 4. The molecule has 0 aromatic carbocycles. The highest BCUT2D eigenvalue weighted by Crippen LogP contribution is 2.14. The molecule has 0 spiro atoms. The lowest BCUT2D eigenvalue weighted by molar-refractivity contribution is 0.0988. The number of aryl methyl sites for hydroxylation is 1. The van der Waals surface area contributed by atoms with Gasteiger partial charge in [0.2, 0.25) is 5.88 Å². The molecule has 1 rings (SSSR count). The molecule has 1 aromatic rings. The molecule has 1 aromatic heterocycles. The summed E-state index contributed by atoms with van der Waals surface area (Å²) in [5.74, 6) is 0.470. The summed E-state index contributed by atoms with van der Waals surface area (Å²) in [7, 11) is 3.27. The first-order chi connectivity index (χ1) is 6.69. The van der Waals surface area contributed by atoms with Crippen LogP contribution in [0.1, 0.15) is 16.1 Å². The number of ketones is 1. The van der Waals surface area contributed by atoms with E-state index in [1.807, 2.05) is 13.0 Å². The average molecular weight is 194 g/mol. The van der Waals surface area contributed by atoms with E-state index in [4.69, 9.17) is 4.74 Å². The van der Waals surface area contributed by atoms with Crippen LogP contribution in [0.5, 0.6) is 5.88 Å². The topological polar surface area (TPSA) is 51.2 Å². The number of methoxy groups -OCH3 is 1. The van der Waals surface area contributed by atoms with Crippen LogP contribution in [-0.4, -0.2) is 31.5 Å². The standard InChI is InChI=1S/C10H14N2O2/c1-7-4-5-8(9(13)6-11-2)12-10(7)14-3/h4-5,11H,6H2,1-3H3. The predicted molar refractivity (Wildman–Crippen MR) is 53.8 cm³/mol. The van der Waals surface area contributed by atoms with Gasteiger partial charge in [-0.1, -0.05) is 6.07 Å². The lowest BCUT2D eigenvalue weighted by Gasteiger charge is -2.05. The van der Waals surface area contributed by atoms with Crippen molar-refractivity contribution in [1.29, 1.82) is 0 Å². The van der Waals surface area contributed by atoms with Gasteiger partial charge >= 0.3 is 0 Å². The Labute approximate surface area is 83.3 Å². The number of nitrogens with zero attached hydrogens (tertiary/aromatic N) is 1. The van der Waals surface area contributed by atoms with E-state index in [0.29, 0.717) is 18.1 Å². The van der Waals surface area contributed by atoms with Gasteiger partial charge in [-0.25, -0.2) is 4.98 Å². The molecule has 0 fully saturated rings. The fourth-order valence-electron chi connectivity index (χ4n) is 1.12. The monoisotopic (exact) mass is 194 g/mol. The highest BCUT2D eigenvalue weighted by Gasteiger charge is 2.08. The van der Waals surface area contributed by atoms with E-state index in [1.165, 1.54) is 0 Å². The minimum Gasteiger partial charge on any atom is -0.481 e. The second-order valence-electron chi connectivity index (χ2n) is 2.98. The number of carbonyl (C=O) groups is 1. The number of pyridine rings is 1. The van der Waals surface area contributed by atoms with Crippen LogP contribution in [-0.2, 0) is 0 Å². The molecule has 0 saturated heterocycles. The fourth-order valence-corrected chi connectivity index (χ4v) is 1.12. The smallest absolute Gasteiger partial charge is 0.216 e. The first kappa shape index (κ1) is 10.7. The largest absolute Gasteiger partial charge is 0.481 e. The Balaban J connectivity index is 2.94. The van der Waals surface area contributed by atoms with Crippen molar-refractivity contribution in [3.05, 3.63) is 23.4 Å². The molecule has 76 valence electrons. The molecule has 0 saturated carbocycles. The molecule has 1 heterocycles. The van der Waals surface area contributed by atoms with Crippen LogP contribution in [0.3, 0.4) is 0 Å². The van der Waals surface area contributed by atoms with Crippen LogP contribution >= 0.6 is 0 Å². The van der Waals surface area contributed by atoms with Gasteiger partial charge in [-0.2, -0.15) is 0 Å². The zero-order valence-corrected chi connectivity index (χ0v) is 8.63. The van der Waals surface area contributed by atoms with Gasteiger partial charge < -0.3 is 10.1 Å². The number of aromatic nitrogens is 1. The van der Waals surface area contributed by atoms with Crippen molar-refractivity contribution in [1.82, 2.24) is 10.3 Å². The van der Waals surface area contributed by atoms with Crippen molar-refractivity contribution in [3.63, 3.8) is 0 Å². The van der Waals surface area contributed by atoms with Crippen LogP contribution in [0, 0.1) is 6.92 Å². The lowest BCUT2D eigenvalue weighted by atomic mass is 10.2. The number of ether oxygens (including phenoxy) is 1. The molecule has 1 N–H and O–H groups in total. The summed E-state index contributed by atoms with van der Waals surface area (Å²) in [5, 5.41) is 2.79. The molecule has 0 aliphatic carbocycles. The second kappa shape index (κ2) is 4.72. The number of likely N-dealkylation sites (N-methyl/N-ethyl adjacent to an activating group) is 1. The zero-order chi connectivity index (χ0) is 10.6. The van der Waals surface area contributed by atoms with Crippen molar-refractivity contribution >= 4 is 5.78 Å². The summed E-state index contributed by atoms with van der Waals surface area (Å²) >= 11 is 0. The molecule has 0 unspecified atom stereocenters. The molecule has 0 radical (unpaired) electrons. The lowest BCUT2D eigenvalue weighted by Crippen LogP contribution is -2.19. The van der Waals surface area contributed by atoms with Gasteiger partial charge in [-0.15, -0.1) is 0 Å². The highest BCUT2D eigenvalue weighted by atomic mass is 16.5.